The van der Waals surface area contributed by atoms with Crippen LogP contribution in [0.1, 0.15) is 76.7 Å². The highest BCUT2D eigenvalue weighted by molar-refractivity contribution is 6.75. The molecule has 2 unspecified atom stereocenters. The molecule has 67 heavy (non-hydrogen) atoms. The number of fused-ring (bicyclic) bond motifs is 4. The van der Waals surface area contributed by atoms with Crippen molar-refractivity contribution in [2.75, 3.05) is 0 Å². The topological polar surface area (TPSA) is 92.8 Å². The second kappa shape index (κ2) is 19.9. The van der Waals surface area contributed by atoms with Crippen molar-refractivity contribution in [3.8, 4) is 39.9 Å². The molecule has 6 aromatic carbocycles. The number of carbonyl (C=O) groups is 1. The molecule has 0 N–H and O–H groups in total. The van der Waals surface area contributed by atoms with Gasteiger partial charge in [-0.15, -0.1) is 0 Å². The van der Waals surface area contributed by atoms with Crippen molar-refractivity contribution in [3.63, 3.8) is 0 Å². The van der Waals surface area contributed by atoms with Crippen LogP contribution in [0.5, 0.6) is 11.5 Å². The molecule has 0 aromatic heterocycles. The molecule has 2 spiro atoms. The second-order valence-corrected chi connectivity index (χ2v) is 23.4. The number of benzene rings is 6. The molecule has 0 saturated heterocycles. The van der Waals surface area contributed by atoms with E-state index in [4.69, 9.17) is 22.6 Å². The van der Waals surface area contributed by atoms with Gasteiger partial charge in [-0.1, -0.05) is 97.1 Å². The lowest BCUT2D eigenvalue weighted by atomic mass is 9.82. The van der Waals surface area contributed by atoms with Gasteiger partial charge in [0.25, 0.3) is 0 Å². The fourth-order valence-corrected chi connectivity index (χ4v) is 10.2. The number of nitriles is 1. The van der Waals surface area contributed by atoms with Crippen molar-refractivity contribution in [3.05, 3.63) is 196 Å². The Morgan fingerprint density at radius 1 is 0.612 bits per heavy atom. The van der Waals surface area contributed by atoms with Crippen LogP contribution in [0.2, 0.25) is 19.6 Å². The number of Topliss-reactive ketones (excluding diaryl/α,β-unsaturated/α-hetero) is 1. The molecule has 0 amide bonds. The fraction of sp³-hybridized carbons (Fsp3) is 0.259. The average molecular weight is 896 g/mol. The molecule has 6 aromatic rings. The van der Waals surface area contributed by atoms with Crippen molar-refractivity contribution in [2.24, 2.45) is 9.65 Å². The van der Waals surface area contributed by atoms with E-state index in [1.54, 1.807) is 12.1 Å². The highest BCUT2D eigenvalue weighted by Gasteiger charge is 2.43. The first-order chi connectivity index (χ1) is 32.4. The summed E-state index contributed by atoms with van der Waals surface area (Å²) in [6, 6.07) is 44.0. The smallest absolute Gasteiger partial charge is 0.205 e. The average Bonchev–Trinajstić information content (AvgIpc) is 3.62. The van der Waals surface area contributed by atoms with Crippen molar-refractivity contribution in [1.82, 2.24) is 0 Å². The number of rotatable bonds is 3. The predicted molar refractivity (Wildman–Crippen MR) is 271 cm³/mol. The molecule has 0 fully saturated rings. The highest BCUT2D eigenvalue weighted by atomic mass is 28.3. The number of ketones is 1. The van der Waals surface area contributed by atoms with E-state index < -0.39 is 13.8 Å². The van der Waals surface area contributed by atoms with Crippen LogP contribution in [0.3, 0.4) is 0 Å². The van der Waals surface area contributed by atoms with E-state index in [1.807, 2.05) is 79.0 Å². The summed E-state index contributed by atoms with van der Waals surface area (Å²) in [5.74, 6) is 4.16. The zero-order valence-corrected chi connectivity index (χ0v) is 39.4. The van der Waals surface area contributed by atoms with Gasteiger partial charge in [-0.25, -0.2) is 9.69 Å². The third-order valence-corrected chi connectivity index (χ3v) is 13.7. The molecule has 9 heteroatoms. The summed E-state index contributed by atoms with van der Waals surface area (Å²) in [6.07, 6.45) is 10.6. The molecule has 2 aliphatic carbocycles. The van der Waals surface area contributed by atoms with Crippen LogP contribution in [-0.4, -0.2) is 36.8 Å². The van der Waals surface area contributed by atoms with Gasteiger partial charge in [-0.2, -0.15) is 10.3 Å². The Morgan fingerprint density at radius 2 is 1.09 bits per heavy atom. The number of carbonyl (C=O) groups excluding carboxylic acids is 1. The van der Waals surface area contributed by atoms with Gasteiger partial charge in [0.2, 0.25) is 6.19 Å². The minimum absolute atomic E-state index is 0.147. The van der Waals surface area contributed by atoms with Crippen LogP contribution in [0, 0.1) is 24.6 Å². The van der Waals surface area contributed by atoms with Crippen LogP contribution in [0.15, 0.2) is 150 Å². The summed E-state index contributed by atoms with van der Waals surface area (Å²) in [7, 11) is -1.21. The van der Waals surface area contributed by atoms with Crippen LogP contribution >= 0.6 is 0 Å². The zero-order valence-electron chi connectivity index (χ0n) is 38.4. The van der Waals surface area contributed by atoms with E-state index in [2.05, 4.69) is 100.0 Å². The van der Waals surface area contributed by atoms with Gasteiger partial charge in [0.1, 0.15) is 22.7 Å². The van der Waals surface area contributed by atoms with Gasteiger partial charge >= 0.3 is 0 Å². The Labute approximate surface area is 395 Å². The number of ether oxygens (including phenoxy) is 2. The first-order valence-corrected chi connectivity index (χ1v) is 26.3. The van der Waals surface area contributed by atoms with Crippen molar-refractivity contribution in [2.45, 2.75) is 95.1 Å². The molecule has 0 bridgehead atoms. The Balaban J connectivity index is 0.000000160. The Kier molecular flexibility index (Phi) is 13.6. The largest absolute Gasteiger partial charge is 0.486 e. The third kappa shape index (κ3) is 10.8. The quantitative estimate of drug-likeness (QED) is 0.0765. The molecular formula is C58H53N5O3Si. The van der Waals surface area contributed by atoms with Gasteiger partial charge in [-0.3, -0.25) is 9.45 Å². The molecule has 0 radical (unpaired) electrons. The highest BCUT2D eigenvalue weighted by Crippen LogP contribution is 2.44. The Morgan fingerprint density at radius 3 is 1.57 bits per heavy atom. The minimum Gasteiger partial charge on any atom is -0.486 e. The van der Waals surface area contributed by atoms with Crippen LogP contribution in [0.25, 0.3) is 31.9 Å². The van der Waals surface area contributed by atoms with E-state index in [0.717, 1.165) is 90.6 Å². The maximum absolute atomic E-state index is 13.2. The zero-order chi connectivity index (χ0) is 47.0. The predicted octanol–water partition coefficient (Wildman–Crippen LogP) is 14.1. The lowest BCUT2D eigenvalue weighted by Gasteiger charge is -2.39. The second-order valence-electron chi connectivity index (χ2n) is 18.8. The SMILES string of the molecule is C=C=N[Si](C)(C)C.[C-]#[N+]c1cccc(-c2ccc3c(c2)C(=NC#N)CC2(CCCc4ccccc4C2)O3)c1.[C-]#[N+]c1cccc(-c2ccc3c(c2)C(=O)CC2(CCCc4ccccc4C2)O3)c1. The van der Waals surface area contributed by atoms with Gasteiger partial charge in [0.15, 0.2) is 25.4 Å². The lowest BCUT2D eigenvalue weighted by molar-refractivity contribution is 0.0349. The molecule has 2 heterocycles. The van der Waals surface area contributed by atoms with E-state index in [-0.39, 0.29) is 11.4 Å². The van der Waals surface area contributed by atoms with E-state index >= 15 is 0 Å². The molecule has 4 aliphatic rings. The Bertz CT molecular complexity index is 3070. The summed E-state index contributed by atoms with van der Waals surface area (Å²) >= 11 is 0. The van der Waals surface area contributed by atoms with Crippen molar-refractivity contribution >= 4 is 37.0 Å². The first kappa shape index (κ1) is 45.9. The summed E-state index contributed by atoms with van der Waals surface area (Å²) in [5, 5.41) is 9.39. The van der Waals surface area contributed by atoms with E-state index in [9.17, 15) is 10.1 Å². The van der Waals surface area contributed by atoms with E-state index in [0.29, 0.717) is 35.5 Å². The molecule has 10 rings (SSSR count). The Hall–Kier alpha value is -7.60. The van der Waals surface area contributed by atoms with Crippen LogP contribution < -0.4 is 9.47 Å². The number of hydrogen-bond donors (Lipinski definition) is 0. The molecule has 2 aliphatic heterocycles. The van der Waals surface area contributed by atoms with Crippen molar-refractivity contribution in [1.29, 1.82) is 5.26 Å². The number of aryl methyl sites for hydroxylation is 2. The molecular weight excluding hydrogens is 843 g/mol. The maximum atomic E-state index is 13.2. The van der Waals surface area contributed by atoms with Gasteiger partial charge < -0.3 is 9.47 Å². The molecule has 332 valence electrons. The minimum atomic E-state index is -1.21. The van der Waals surface area contributed by atoms with Crippen LogP contribution in [-0.2, 0) is 25.7 Å². The van der Waals surface area contributed by atoms with Crippen molar-refractivity contribution < 1.29 is 14.3 Å². The third-order valence-electron chi connectivity index (χ3n) is 12.8. The van der Waals surface area contributed by atoms with E-state index in [1.165, 1.54) is 22.3 Å². The lowest BCUT2D eigenvalue weighted by Crippen LogP contribution is -2.44. The standard InChI is InChI=1S/C27H21N3O.C26H21NO2.C5H11NSi/c1-29-23-10-4-8-20(14-23)21-11-12-26-24(15-21)25(30-18-28)17-27(31-26)13-5-9-19-6-2-3-7-22(19)16-27;1-27-22-10-4-8-19(14-22)20-11-12-25-23(15-20)24(28)17-26(29-25)13-5-9-18-6-2-3-7-21(18)16-26;1-5-6-7(2,3)4/h2-4,6-8,10-12,14-15H,5,9,13,16-17H2;2-4,6-8,10-12,14-15H,5,9,13,16-17H2;1H2,2-4H3. The summed E-state index contributed by atoms with van der Waals surface area (Å²) in [6.45, 7) is 24.3. The monoisotopic (exact) mass is 895 g/mol. The summed E-state index contributed by atoms with van der Waals surface area (Å²) in [4.78, 5) is 24.4. The van der Waals surface area contributed by atoms with Gasteiger partial charge in [0, 0.05) is 24.8 Å². The van der Waals surface area contributed by atoms with Gasteiger partial charge in [-0.05, 0) is 152 Å². The normalized spacial score (nSPS) is 19.3. The molecule has 0 saturated carbocycles. The number of hydrogen-bond acceptors (Lipinski definition) is 6. The maximum Gasteiger partial charge on any atom is 0.205 e. The van der Waals surface area contributed by atoms with Crippen LogP contribution in [0.4, 0.5) is 11.4 Å². The summed E-state index contributed by atoms with van der Waals surface area (Å²) in [5.41, 5.74) is 11.9. The molecule has 2 atom stereocenters. The van der Waals surface area contributed by atoms with Gasteiger partial charge in [0.05, 0.1) is 30.8 Å². The number of nitrogens with zero attached hydrogens (tertiary/aromatic N) is 5. The number of aliphatic imine (C=N–C) groups is 1. The summed E-state index contributed by atoms with van der Waals surface area (Å²) < 4.78 is 17.2. The fourth-order valence-electron chi connectivity index (χ4n) is 9.77. The first-order valence-electron chi connectivity index (χ1n) is 22.9. The molecule has 8 nitrogen and oxygen atoms in total.